The number of hydrogen-bond donors (Lipinski definition) is 1. The van der Waals surface area contributed by atoms with Crippen LogP contribution in [0.15, 0.2) is 108 Å². The summed E-state index contributed by atoms with van der Waals surface area (Å²) < 4.78 is 0. The third-order valence-corrected chi connectivity index (χ3v) is 4.71. The molecule has 0 bridgehead atoms. The van der Waals surface area contributed by atoms with Gasteiger partial charge in [0.15, 0.2) is 0 Å². The summed E-state index contributed by atoms with van der Waals surface area (Å²) in [5.74, 6) is -1.01. The van der Waals surface area contributed by atoms with Gasteiger partial charge in [-0.05, 0) is 34.8 Å². The van der Waals surface area contributed by atoms with Crippen molar-refractivity contribution in [1.29, 1.82) is 26.5 Å². The van der Waals surface area contributed by atoms with E-state index in [1.54, 1.807) is 72.8 Å². The second-order valence-corrected chi connectivity index (χ2v) is 6.76. The third kappa shape index (κ3) is 6.62. The molecule has 0 fully saturated rings. The summed E-state index contributed by atoms with van der Waals surface area (Å²) in [7, 11) is 0. The minimum Gasteiger partial charge on any atom is -0.517 e. The number of nitriles is 4. The van der Waals surface area contributed by atoms with Gasteiger partial charge in [-0.2, -0.15) is 10.5 Å². The molecule has 0 radical (unpaired) electrons. The minimum atomic E-state index is -1.01. The molecule has 0 spiro atoms. The van der Waals surface area contributed by atoms with Crippen LogP contribution >= 0.6 is 0 Å². The largest absolute Gasteiger partial charge is 0.517 e. The van der Waals surface area contributed by atoms with E-state index in [-0.39, 0.29) is 22.4 Å². The standard InChI is InChI=1S/C29H17N6/c1-35-27(21-34)29(23-13-7-3-8-14-23)25(18-31)16-10-4-9-15-24(17-30)28(26(19-32)20-33)22-11-5-2-6-12-22/h2-16,26,32H/q-1/b10-4?,15-9?,25-16+,28-24-,29-27+. The fourth-order valence-electron chi connectivity index (χ4n) is 3.16. The van der Waals surface area contributed by atoms with Gasteiger partial charge in [-0.15, -0.1) is 0 Å². The molecule has 0 aliphatic carbocycles. The van der Waals surface area contributed by atoms with Gasteiger partial charge in [-0.3, -0.25) is 0 Å². The maximum absolute atomic E-state index is 9.69. The molecule has 0 saturated heterocycles. The number of benzene rings is 2. The van der Waals surface area contributed by atoms with Gasteiger partial charge >= 0.3 is 0 Å². The molecule has 2 aromatic rings. The molecule has 35 heavy (non-hydrogen) atoms. The molecule has 2 rings (SSSR count). The summed E-state index contributed by atoms with van der Waals surface area (Å²) in [5.41, 5.74) is 1.95. The lowest BCUT2D eigenvalue weighted by atomic mass is 9.90. The lowest BCUT2D eigenvalue weighted by Gasteiger charge is -2.18. The van der Waals surface area contributed by atoms with Crippen LogP contribution in [0.4, 0.5) is 0 Å². The Bertz CT molecular complexity index is 1420. The quantitative estimate of drug-likeness (QED) is 0.228. The Hall–Kier alpha value is -5.74. The molecule has 0 aliphatic heterocycles. The Kier molecular flexibility index (Phi) is 9.93. The minimum absolute atomic E-state index is 0.136. The van der Waals surface area contributed by atoms with E-state index < -0.39 is 5.92 Å². The summed E-state index contributed by atoms with van der Waals surface area (Å²) in [4.78, 5) is 3.26. The molecular formula is C29H17N6-. The molecule has 164 valence electrons. The fourth-order valence-corrected chi connectivity index (χ4v) is 3.16. The molecular weight excluding hydrogens is 432 g/mol. The van der Waals surface area contributed by atoms with Crippen molar-refractivity contribution in [3.63, 3.8) is 0 Å². The Morgan fingerprint density at radius 1 is 0.857 bits per heavy atom. The molecule has 2 aromatic carbocycles. The average molecular weight is 449 g/mol. The van der Waals surface area contributed by atoms with Crippen LogP contribution in [0.5, 0.6) is 0 Å². The summed E-state index contributed by atoms with van der Waals surface area (Å²) >= 11 is 0. The van der Waals surface area contributed by atoms with Crippen molar-refractivity contribution in [1.82, 2.24) is 0 Å². The van der Waals surface area contributed by atoms with Crippen LogP contribution in [0.2, 0.25) is 0 Å². The first-order chi connectivity index (χ1) is 17.1. The average Bonchev–Trinajstić information content (AvgIpc) is 2.92. The van der Waals surface area contributed by atoms with Gasteiger partial charge < -0.3 is 11.6 Å². The highest BCUT2D eigenvalue weighted by atomic mass is 14.7. The zero-order chi connectivity index (χ0) is 25.5. The van der Waals surface area contributed by atoms with Gasteiger partial charge in [0.1, 0.15) is 0 Å². The Morgan fingerprint density at radius 3 is 1.97 bits per heavy atom. The summed E-state index contributed by atoms with van der Waals surface area (Å²) in [6, 6.07) is 25.5. The van der Waals surface area contributed by atoms with Gasteiger partial charge in [0.25, 0.3) is 5.70 Å². The van der Waals surface area contributed by atoms with Gasteiger partial charge in [-0.1, -0.05) is 78.9 Å². The lowest BCUT2D eigenvalue weighted by Crippen LogP contribution is -2.04. The first-order valence-electron chi connectivity index (χ1n) is 10.2. The Balaban J connectivity index is 2.48. The number of hydrogen-bond acceptors (Lipinski definition) is 5. The van der Waals surface area contributed by atoms with E-state index >= 15 is 0 Å². The number of nitrogens with one attached hydrogen (secondary N) is 1. The second kappa shape index (κ2) is 13.6. The van der Waals surface area contributed by atoms with E-state index in [0.717, 1.165) is 0 Å². The van der Waals surface area contributed by atoms with E-state index in [1.165, 1.54) is 12.2 Å². The molecule has 1 N–H and O–H groups in total. The lowest BCUT2D eigenvalue weighted by molar-refractivity contribution is 1.17. The van der Waals surface area contributed by atoms with E-state index in [0.29, 0.717) is 16.7 Å². The monoisotopic (exact) mass is 449 g/mol. The number of rotatable bonds is 8. The Morgan fingerprint density at radius 2 is 1.49 bits per heavy atom. The van der Waals surface area contributed by atoms with Crippen molar-refractivity contribution in [2.75, 3.05) is 0 Å². The molecule has 6 nitrogen and oxygen atoms in total. The number of nitrogens with zero attached hydrogens (tertiary/aromatic N) is 5. The highest BCUT2D eigenvalue weighted by molar-refractivity contribution is 5.89. The zero-order valence-electron chi connectivity index (χ0n) is 18.5. The van der Waals surface area contributed by atoms with Crippen LogP contribution in [0.3, 0.4) is 0 Å². The summed E-state index contributed by atoms with van der Waals surface area (Å²) in [6.07, 6.45) is 9.86. The predicted molar refractivity (Wildman–Crippen MR) is 133 cm³/mol. The van der Waals surface area contributed by atoms with Crippen molar-refractivity contribution < 1.29 is 0 Å². The van der Waals surface area contributed by atoms with E-state index in [2.05, 4.69) is 17.1 Å². The topological polar surface area (TPSA) is 123 Å². The van der Waals surface area contributed by atoms with Gasteiger partial charge in [0.2, 0.25) is 0 Å². The van der Waals surface area contributed by atoms with E-state index in [9.17, 15) is 21.0 Å². The first kappa shape index (κ1) is 25.5. The van der Waals surface area contributed by atoms with Crippen LogP contribution in [0.25, 0.3) is 16.0 Å². The van der Waals surface area contributed by atoms with Crippen molar-refractivity contribution in [3.8, 4) is 24.3 Å². The molecule has 0 aliphatic rings. The molecule has 1 unspecified atom stereocenters. The van der Waals surface area contributed by atoms with Crippen molar-refractivity contribution in [2.24, 2.45) is 5.92 Å². The maximum atomic E-state index is 9.69. The normalized spacial score (nSPS) is 13.3. The second-order valence-electron chi connectivity index (χ2n) is 6.76. The van der Waals surface area contributed by atoms with Crippen LogP contribution in [0, 0.1) is 63.2 Å². The fraction of sp³-hybridized carbons (Fsp3) is 0.0345. The zero-order valence-corrected chi connectivity index (χ0v) is 18.5. The van der Waals surface area contributed by atoms with Crippen LogP contribution < -0.4 is 0 Å². The molecule has 0 saturated carbocycles. The van der Waals surface area contributed by atoms with Crippen molar-refractivity contribution >= 4 is 17.4 Å². The number of allylic oxidation sites excluding steroid dienone is 10. The van der Waals surface area contributed by atoms with Crippen molar-refractivity contribution in [3.05, 3.63) is 130 Å². The third-order valence-electron chi connectivity index (χ3n) is 4.71. The SMILES string of the molecule is [C-]#[N+]/C(C#N)=C(/C(C#N)=C/C=CC=C/C(C#N)=C(\c1ccccc1)C(C#N)[C-]=N)c1ccccc1. The molecule has 1 atom stereocenters. The van der Waals surface area contributed by atoms with Crippen LogP contribution in [0.1, 0.15) is 11.1 Å². The van der Waals surface area contributed by atoms with Crippen LogP contribution in [-0.2, 0) is 0 Å². The Labute approximate surface area is 204 Å². The predicted octanol–water partition coefficient (Wildman–Crippen LogP) is 6.05. The highest BCUT2D eigenvalue weighted by Gasteiger charge is 2.14. The van der Waals surface area contributed by atoms with E-state index in [4.69, 9.17) is 12.0 Å². The molecule has 6 heteroatoms. The van der Waals surface area contributed by atoms with E-state index in [1.807, 2.05) is 24.3 Å². The molecule has 0 aromatic heterocycles. The smallest absolute Gasteiger partial charge is 0.270 e. The maximum Gasteiger partial charge on any atom is 0.270 e. The highest BCUT2D eigenvalue weighted by Crippen LogP contribution is 2.28. The first-order valence-corrected chi connectivity index (χ1v) is 10.2. The van der Waals surface area contributed by atoms with Crippen molar-refractivity contribution in [2.45, 2.75) is 0 Å². The molecule has 0 amide bonds. The summed E-state index contributed by atoms with van der Waals surface area (Å²) in [5, 5.41) is 45.6. The van der Waals surface area contributed by atoms with Crippen LogP contribution in [-0.4, -0.2) is 6.21 Å². The van der Waals surface area contributed by atoms with Gasteiger partial charge in [-0.25, -0.2) is 15.4 Å². The van der Waals surface area contributed by atoms with Gasteiger partial charge in [0, 0.05) is 11.6 Å². The van der Waals surface area contributed by atoms with Gasteiger partial charge in [0.05, 0.1) is 35.9 Å². The molecule has 0 heterocycles. The summed E-state index contributed by atoms with van der Waals surface area (Å²) in [6.45, 7) is 7.30.